The number of ether oxygens (including phenoxy) is 1. The Morgan fingerprint density at radius 1 is 1.32 bits per heavy atom. The molecular formula is C18H20ClNO4S. The molecule has 25 heavy (non-hydrogen) atoms. The van der Waals surface area contributed by atoms with Crippen LogP contribution in [0.4, 0.5) is 0 Å². The third-order valence-corrected chi connectivity index (χ3v) is 5.04. The van der Waals surface area contributed by atoms with E-state index in [-0.39, 0.29) is 12.3 Å². The average Bonchev–Trinajstić information content (AvgIpc) is 2.97. The molecule has 7 heteroatoms. The van der Waals surface area contributed by atoms with Crippen LogP contribution in [-0.4, -0.2) is 24.1 Å². The molecule has 2 aromatic rings. The van der Waals surface area contributed by atoms with Gasteiger partial charge in [-0.3, -0.25) is 4.79 Å². The number of nitrogens with one attached hydrogen (secondary N) is 1. The zero-order valence-electron chi connectivity index (χ0n) is 14.0. The quantitative estimate of drug-likeness (QED) is 0.725. The van der Waals surface area contributed by atoms with Crippen molar-refractivity contribution >= 4 is 34.8 Å². The Balaban J connectivity index is 1.95. The standard InChI is InChI=1S/C18H20ClNO4S/c1-11-6-8-13(25-11)4-3-5-16(21)20-17(18(22)23)12-7-9-15(24-2)14(19)10-12/h6-10,17H,3-5H2,1-2H3,(H,20,21)(H,22,23). The van der Waals surface area contributed by atoms with E-state index in [0.717, 1.165) is 6.42 Å². The van der Waals surface area contributed by atoms with Crippen molar-refractivity contribution in [3.8, 4) is 5.75 Å². The first-order valence-corrected chi connectivity index (χ1v) is 9.01. The van der Waals surface area contributed by atoms with E-state index in [9.17, 15) is 14.7 Å². The van der Waals surface area contributed by atoms with E-state index < -0.39 is 12.0 Å². The summed E-state index contributed by atoms with van der Waals surface area (Å²) in [6.45, 7) is 2.04. The molecule has 134 valence electrons. The van der Waals surface area contributed by atoms with Crippen molar-refractivity contribution in [2.75, 3.05) is 7.11 Å². The van der Waals surface area contributed by atoms with Gasteiger partial charge in [-0.05, 0) is 49.6 Å². The molecule has 0 aliphatic carbocycles. The Morgan fingerprint density at radius 2 is 2.08 bits per heavy atom. The molecule has 0 saturated carbocycles. The van der Waals surface area contributed by atoms with Crippen LogP contribution < -0.4 is 10.1 Å². The fraction of sp³-hybridized carbons (Fsp3) is 0.333. The molecule has 0 saturated heterocycles. The summed E-state index contributed by atoms with van der Waals surface area (Å²) < 4.78 is 5.05. The topological polar surface area (TPSA) is 75.6 Å². The first-order valence-electron chi connectivity index (χ1n) is 7.81. The number of halogens is 1. The van der Waals surface area contributed by atoms with Gasteiger partial charge < -0.3 is 15.2 Å². The molecule has 0 aliphatic rings. The predicted octanol–water partition coefficient (Wildman–Crippen LogP) is 3.98. The lowest BCUT2D eigenvalue weighted by Gasteiger charge is -2.16. The minimum Gasteiger partial charge on any atom is -0.495 e. The number of benzene rings is 1. The predicted molar refractivity (Wildman–Crippen MR) is 98.5 cm³/mol. The summed E-state index contributed by atoms with van der Waals surface area (Å²) in [5, 5.41) is 12.3. The Kier molecular flexibility index (Phi) is 6.84. The maximum Gasteiger partial charge on any atom is 0.330 e. The van der Waals surface area contributed by atoms with Crippen molar-refractivity contribution in [3.05, 3.63) is 50.7 Å². The van der Waals surface area contributed by atoms with Gasteiger partial charge in [0.2, 0.25) is 5.91 Å². The molecule has 1 aromatic carbocycles. The molecule has 1 amide bonds. The third kappa shape index (κ3) is 5.47. The highest BCUT2D eigenvalue weighted by atomic mass is 35.5. The molecule has 0 radical (unpaired) electrons. The smallest absolute Gasteiger partial charge is 0.330 e. The fourth-order valence-corrected chi connectivity index (χ4v) is 3.62. The van der Waals surface area contributed by atoms with Crippen molar-refractivity contribution in [1.82, 2.24) is 5.32 Å². The summed E-state index contributed by atoms with van der Waals surface area (Å²) in [5.74, 6) is -0.983. The van der Waals surface area contributed by atoms with Gasteiger partial charge in [-0.15, -0.1) is 11.3 Å². The molecule has 0 aliphatic heterocycles. The first-order chi connectivity index (χ1) is 11.9. The Labute approximate surface area is 155 Å². The van der Waals surface area contributed by atoms with Crippen LogP contribution in [-0.2, 0) is 16.0 Å². The van der Waals surface area contributed by atoms with Gasteiger partial charge >= 0.3 is 5.97 Å². The lowest BCUT2D eigenvalue weighted by atomic mass is 10.1. The van der Waals surface area contributed by atoms with Crippen LogP contribution in [0.1, 0.15) is 34.2 Å². The maximum absolute atomic E-state index is 12.1. The third-order valence-electron chi connectivity index (χ3n) is 3.68. The van der Waals surface area contributed by atoms with E-state index >= 15 is 0 Å². The van der Waals surface area contributed by atoms with Crippen LogP contribution in [0.2, 0.25) is 5.02 Å². The fourth-order valence-electron chi connectivity index (χ4n) is 2.43. The van der Waals surface area contributed by atoms with Gasteiger partial charge in [0.05, 0.1) is 12.1 Å². The minimum atomic E-state index is -1.14. The molecule has 0 spiro atoms. The molecule has 2 N–H and O–H groups in total. The second-order valence-corrected chi connectivity index (χ2v) is 7.38. The highest BCUT2D eigenvalue weighted by Crippen LogP contribution is 2.28. The number of carboxylic acids is 1. The van der Waals surface area contributed by atoms with Crippen LogP contribution in [0.25, 0.3) is 0 Å². The van der Waals surface area contributed by atoms with Gasteiger partial charge in [-0.25, -0.2) is 4.79 Å². The Hall–Kier alpha value is -2.05. The van der Waals surface area contributed by atoms with Gasteiger partial charge in [0.15, 0.2) is 6.04 Å². The number of amides is 1. The van der Waals surface area contributed by atoms with Crippen molar-refractivity contribution in [2.24, 2.45) is 0 Å². The second kappa shape index (κ2) is 8.87. The lowest BCUT2D eigenvalue weighted by Crippen LogP contribution is -2.33. The van der Waals surface area contributed by atoms with Crippen molar-refractivity contribution < 1.29 is 19.4 Å². The molecule has 1 heterocycles. The molecule has 1 aromatic heterocycles. The van der Waals surface area contributed by atoms with Crippen LogP contribution in [0.5, 0.6) is 5.75 Å². The number of carbonyl (C=O) groups is 2. The van der Waals surface area contributed by atoms with Crippen molar-refractivity contribution in [1.29, 1.82) is 0 Å². The maximum atomic E-state index is 12.1. The van der Waals surface area contributed by atoms with Gasteiger partial charge in [-0.1, -0.05) is 17.7 Å². The molecule has 0 fully saturated rings. The van der Waals surface area contributed by atoms with Crippen LogP contribution in [0.3, 0.4) is 0 Å². The molecule has 2 rings (SSSR count). The minimum absolute atomic E-state index is 0.268. The number of hydrogen-bond acceptors (Lipinski definition) is 4. The van der Waals surface area contributed by atoms with E-state index in [1.54, 1.807) is 23.5 Å². The van der Waals surface area contributed by atoms with Gasteiger partial charge in [0.1, 0.15) is 5.75 Å². The molecular weight excluding hydrogens is 362 g/mol. The summed E-state index contributed by atoms with van der Waals surface area (Å²) in [7, 11) is 1.48. The SMILES string of the molecule is COc1ccc(C(NC(=O)CCCc2ccc(C)s2)C(=O)O)cc1Cl. The van der Waals surface area contributed by atoms with Gasteiger partial charge in [-0.2, -0.15) is 0 Å². The average molecular weight is 382 g/mol. The van der Waals surface area contributed by atoms with E-state index in [1.807, 2.05) is 13.0 Å². The highest BCUT2D eigenvalue weighted by molar-refractivity contribution is 7.11. The number of hydrogen-bond donors (Lipinski definition) is 2. The number of methoxy groups -OCH3 is 1. The molecule has 1 unspecified atom stereocenters. The number of aliphatic carboxylic acids is 1. The summed E-state index contributed by atoms with van der Waals surface area (Å²) >= 11 is 7.75. The number of aryl methyl sites for hydroxylation is 2. The van der Waals surface area contributed by atoms with Gasteiger partial charge in [0, 0.05) is 16.2 Å². The Morgan fingerprint density at radius 3 is 2.64 bits per heavy atom. The summed E-state index contributed by atoms with van der Waals surface area (Å²) in [4.78, 5) is 26.1. The number of carbonyl (C=O) groups excluding carboxylic acids is 1. The number of rotatable bonds is 8. The van der Waals surface area contributed by atoms with Crippen LogP contribution >= 0.6 is 22.9 Å². The first kappa shape index (κ1) is 19.3. The zero-order chi connectivity index (χ0) is 18.4. The number of carboxylic acid groups (broad SMARTS) is 1. The Bertz CT molecular complexity index is 759. The monoisotopic (exact) mass is 381 g/mol. The summed E-state index contributed by atoms with van der Waals surface area (Å²) in [6.07, 6.45) is 1.74. The van der Waals surface area contributed by atoms with Gasteiger partial charge in [0.25, 0.3) is 0 Å². The molecule has 5 nitrogen and oxygen atoms in total. The number of thiophene rings is 1. The van der Waals surface area contributed by atoms with E-state index in [2.05, 4.69) is 11.4 Å². The van der Waals surface area contributed by atoms with Crippen molar-refractivity contribution in [3.63, 3.8) is 0 Å². The zero-order valence-corrected chi connectivity index (χ0v) is 15.6. The summed E-state index contributed by atoms with van der Waals surface area (Å²) in [5.41, 5.74) is 0.403. The van der Waals surface area contributed by atoms with Crippen LogP contribution in [0.15, 0.2) is 30.3 Å². The largest absolute Gasteiger partial charge is 0.495 e. The molecule has 0 bridgehead atoms. The van der Waals surface area contributed by atoms with E-state index in [1.165, 1.54) is 22.9 Å². The molecule has 1 atom stereocenters. The second-order valence-electron chi connectivity index (χ2n) is 5.60. The van der Waals surface area contributed by atoms with E-state index in [4.69, 9.17) is 16.3 Å². The van der Waals surface area contributed by atoms with E-state index in [0.29, 0.717) is 22.8 Å². The highest BCUT2D eigenvalue weighted by Gasteiger charge is 2.22. The normalized spacial score (nSPS) is 11.8. The van der Waals surface area contributed by atoms with Crippen molar-refractivity contribution in [2.45, 2.75) is 32.2 Å². The lowest BCUT2D eigenvalue weighted by molar-refractivity contribution is -0.142. The van der Waals surface area contributed by atoms with Crippen LogP contribution in [0, 0.1) is 6.92 Å². The summed E-state index contributed by atoms with van der Waals surface area (Å²) in [6, 6.07) is 7.62.